The molecule has 0 amide bonds. The van der Waals surface area contributed by atoms with E-state index in [1.54, 1.807) is 0 Å². The van der Waals surface area contributed by atoms with Crippen molar-refractivity contribution in [1.29, 1.82) is 0 Å². The molecule has 13 heavy (non-hydrogen) atoms. The van der Waals surface area contributed by atoms with Gasteiger partial charge in [0.2, 0.25) is 0 Å². The summed E-state index contributed by atoms with van der Waals surface area (Å²) in [7, 11) is -4.64. The van der Waals surface area contributed by atoms with Gasteiger partial charge in [-0.3, -0.25) is 0 Å². The minimum absolute atomic E-state index is 0. The summed E-state index contributed by atoms with van der Waals surface area (Å²) in [6.45, 7) is 0. The second-order valence-corrected chi connectivity index (χ2v) is 1.82. The molecule has 7 nitrogen and oxygen atoms in total. The van der Waals surface area contributed by atoms with E-state index in [1.807, 2.05) is 0 Å². The van der Waals surface area contributed by atoms with Gasteiger partial charge in [-0.05, 0) is 0 Å². The van der Waals surface area contributed by atoms with Crippen LogP contribution in [0.2, 0.25) is 0 Å². The number of carbonyl (C=O) groups is 1. The van der Waals surface area contributed by atoms with E-state index in [-0.39, 0.29) is 74.4 Å². The van der Waals surface area contributed by atoms with Crippen molar-refractivity contribution in [2.75, 3.05) is 0 Å². The van der Waals surface area contributed by atoms with E-state index in [4.69, 9.17) is 34.3 Å². The molecule has 0 bridgehead atoms. The second-order valence-electron chi connectivity index (χ2n) is 0.796. The smallest absolute Gasteiger partial charge is 1.00 e. The normalized spacial score (nSPS) is 6.38. The molecule has 0 unspecified atom stereocenters. The average molecular weight is 291 g/mol. The maximum Gasteiger partial charge on any atom is 1.00 e. The van der Waals surface area contributed by atoms with Crippen molar-refractivity contribution in [3.8, 4) is 0 Å². The topological polar surface area (TPSA) is 135 Å². The van der Waals surface area contributed by atoms with Crippen LogP contribution in [0, 0.1) is 0 Å². The summed E-state index contributed by atoms with van der Waals surface area (Å²) in [6.07, 6.45) is -1.83. The van der Waals surface area contributed by atoms with E-state index in [0.29, 0.717) is 0 Å². The molecule has 0 saturated heterocycles. The largest absolute Gasteiger partial charge is 1.00 e. The molecular weight excluding hydrogens is 284 g/mol. The fraction of sp³-hybridized carbons (Fsp3) is 0. The number of hydrogen-bond acceptors (Lipinski definition) is 2. The zero-order valence-electron chi connectivity index (χ0n) is 8.69. The molecule has 0 spiro atoms. The van der Waals surface area contributed by atoms with E-state index in [1.165, 1.54) is 0 Å². The van der Waals surface area contributed by atoms with Crippen LogP contribution < -0.4 is 37.7 Å². The van der Waals surface area contributed by atoms with Gasteiger partial charge in [0.15, 0.2) is 0 Å². The molecule has 0 fully saturated rings. The van der Waals surface area contributed by atoms with E-state index in [9.17, 15) is 0 Å². The molecular formula is CH7CoFeLi2O7P. The van der Waals surface area contributed by atoms with Crippen LogP contribution in [0.4, 0.5) is 4.79 Å². The Bertz CT molecular complexity index is 135. The Hall–Kier alpha value is 1.60. The van der Waals surface area contributed by atoms with Crippen LogP contribution in [-0.4, -0.2) is 31.0 Å². The van der Waals surface area contributed by atoms with Crippen LogP contribution in [0.3, 0.4) is 0 Å². The zero-order valence-corrected chi connectivity index (χ0v) is 9.73. The monoisotopic (exact) mass is 291 g/mol. The van der Waals surface area contributed by atoms with Crippen LogP contribution in [0.1, 0.15) is 2.85 Å². The van der Waals surface area contributed by atoms with Crippen molar-refractivity contribution in [3.63, 3.8) is 0 Å². The molecule has 0 aliphatic carbocycles. The summed E-state index contributed by atoms with van der Waals surface area (Å²) in [5, 5.41) is 13.9. The number of phosphoric acid groups is 1. The van der Waals surface area contributed by atoms with Crippen molar-refractivity contribution in [3.05, 3.63) is 0 Å². The Labute approximate surface area is 122 Å². The predicted octanol–water partition coefficient (Wildman–Crippen LogP) is -6.48. The summed E-state index contributed by atoms with van der Waals surface area (Å²) in [5.41, 5.74) is 0. The Balaban J connectivity index is -0.00000000785. The molecule has 0 aromatic rings. The quantitative estimate of drug-likeness (QED) is 0.221. The van der Waals surface area contributed by atoms with Gasteiger partial charge in [0.05, 0.1) is 0 Å². The van der Waals surface area contributed by atoms with Crippen LogP contribution in [0.15, 0.2) is 0 Å². The summed E-state index contributed by atoms with van der Waals surface area (Å²) in [4.78, 5) is 30.1. The molecule has 0 heterocycles. The Morgan fingerprint density at radius 2 is 1.08 bits per heavy atom. The zero-order chi connectivity index (χ0) is 8.08. The van der Waals surface area contributed by atoms with Gasteiger partial charge < -0.3 is 27.7 Å². The van der Waals surface area contributed by atoms with Crippen molar-refractivity contribution >= 4 is 14.0 Å². The molecule has 0 saturated carbocycles. The first-order valence-electron chi connectivity index (χ1n) is 1.43. The fourth-order valence-electron chi connectivity index (χ4n) is 0. The third-order valence-corrected chi connectivity index (χ3v) is 0. The van der Waals surface area contributed by atoms with Gasteiger partial charge in [-0.1, -0.05) is 0 Å². The fourth-order valence-corrected chi connectivity index (χ4v) is 0. The van der Waals surface area contributed by atoms with E-state index >= 15 is 0 Å². The minimum Gasteiger partial charge on any atom is -1.00 e. The second kappa shape index (κ2) is 19.2. The van der Waals surface area contributed by atoms with Gasteiger partial charge in [-0.15, -0.1) is 0 Å². The first-order valence-corrected chi connectivity index (χ1v) is 3.00. The standard InChI is InChI=1S/CH2O3.Co.Fe.2Li.H3O4P.2H/c2-1(3)4;;;;;1-5(2,3)4;;/h(H2,2,3,4);;;;;(H3,1,2,3,4);;/q;;;2*+1;;2*-1. The summed E-state index contributed by atoms with van der Waals surface area (Å²) < 4.78 is 8.88. The van der Waals surface area contributed by atoms with Gasteiger partial charge in [0.1, 0.15) is 0 Å². The summed E-state index contributed by atoms with van der Waals surface area (Å²) in [6, 6.07) is 0. The van der Waals surface area contributed by atoms with Gasteiger partial charge in [-0.2, -0.15) is 0 Å². The Kier molecular flexibility index (Phi) is 54.0. The van der Waals surface area contributed by atoms with Crippen molar-refractivity contribution in [1.82, 2.24) is 0 Å². The van der Waals surface area contributed by atoms with Crippen molar-refractivity contribution in [2.24, 2.45) is 0 Å². The van der Waals surface area contributed by atoms with Crippen LogP contribution in [0.25, 0.3) is 0 Å². The number of carboxylic acid groups (broad SMARTS) is 2. The van der Waals surface area contributed by atoms with E-state index in [2.05, 4.69) is 0 Å². The molecule has 0 rings (SSSR count). The SMILES string of the molecule is O=C(O)O.O=P(O)(O)O.[Co].[Fe].[H-].[H-].[Li+].[Li+]. The van der Waals surface area contributed by atoms with Crippen molar-refractivity contribution in [2.45, 2.75) is 0 Å². The van der Waals surface area contributed by atoms with Gasteiger partial charge in [-0.25, -0.2) is 9.36 Å². The molecule has 12 heteroatoms. The van der Waals surface area contributed by atoms with Crippen molar-refractivity contribution < 1.29 is 109 Å². The molecule has 0 aliphatic rings. The molecule has 0 atom stereocenters. The first-order chi connectivity index (χ1) is 3.73. The van der Waals surface area contributed by atoms with Crippen LogP contribution >= 0.6 is 7.82 Å². The average Bonchev–Trinajstić information content (AvgIpc) is 1.19. The molecule has 77 valence electrons. The Morgan fingerprint density at radius 3 is 1.08 bits per heavy atom. The first kappa shape index (κ1) is 36.5. The van der Waals surface area contributed by atoms with Gasteiger partial charge in [0.25, 0.3) is 0 Å². The molecule has 5 N–H and O–H groups in total. The maximum atomic E-state index is 8.88. The maximum absolute atomic E-state index is 8.88. The van der Waals surface area contributed by atoms with Crippen LogP contribution in [-0.2, 0) is 38.4 Å². The molecule has 0 aliphatic heterocycles. The Morgan fingerprint density at radius 1 is 1.08 bits per heavy atom. The molecule has 1 radical (unpaired) electrons. The molecule has 0 aromatic heterocycles. The van der Waals surface area contributed by atoms with E-state index in [0.717, 1.165) is 0 Å². The summed E-state index contributed by atoms with van der Waals surface area (Å²) >= 11 is 0. The number of hydrogen-bond donors (Lipinski definition) is 5. The van der Waals surface area contributed by atoms with Gasteiger partial charge in [0, 0.05) is 33.8 Å². The molecule has 0 aromatic carbocycles. The number of rotatable bonds is 0. The van der Waals surface area contributed by atoms with E-state index < -0.39 is 14.0 Å². The predicted molar refractivity (Wildman–Crippen MR) is 27.1 cm³/mol. The minimum atomic E-state index is -4.64. The van der Waals surface area contributed by atoms with Gasteiger partial charge >= 0.3 is 51.7 Å². The third-order valence-electron chi connectivity index (χ3n) is 0. The summed E-state index contributed by atoms with van der Waals surface area (Å²) in [5.74, 6) is 0. The van der Waals surface area contributed by atoms with Crippen LogP contribution in [0.5, 0.6) is 0 Å². The third kappa shape index (κ3) is 714.